The Labute approximate surface area is 124 Å². The van der Waals surface area contributed by atoms with Gasteiger partial charge in [0.25, 0.3) is 5.56 Å². The van der Waals surface area contributed by atoms with Crippen molar-refractivity contribution in [1.82, 2.24) is 9.55 Å². The van der Waals surface area contributed by atoms with Gasteiger partial charge in [-0.05, 0) is 0 Å². The summed E-state index contributed by atoms with van der Waals surface area (Å²) in [4.78, 5) is 24.3. The highest BCUT2D eigenvalue weighted by Crippen LogP contribution is 2.27. The molecule has 2 rings (SSSR count). The first-order valence-corrected chi connectivity index (χ1v) is 8.33. The van der Waals surface area contributed by atoms with Crippen molar-refractivity contribution in [3.8, 4) is 0 Å². The zero-order valence-corrected chi connectivity index (χ0v) is 12.4. The predicted octanol–water partition coefficient (Wildman–Crippen LogP) is -1.66. The molecule has 1 aromatic heterocycles. The molecule has 0 saturated carbocycles. The molecule has 1 aromatic rings. The number of nitrogens with zero attached hydrogens (tertiary/aromatic N) is 1. The van der Waals surface area contributed by atoms with Crippen molar-refractivity contribution < 1.29 is 27.4 Å². The summed E-state index contributed by atoms with van der Waals surface area (Å²) < 4.78 is 46.2. The molecule has 0 radical (unpaired) electrons. The van der Waals surface area contributed by atoms with Crippen molar-refractivity contribution in [2.24, 2.45) is 0 Å². The Hall–Kier alpha value is -1.56. The molecule has 0 aliphatic carbocycles. The Morgan fingerprint density at radius 1 is 1.55 bits per heavy atom. The van der Waals surface area contributed by atoms with E-state index in [1.807, 2.05) is 0 Å². The largest absolute Gasteiger partial charge is 0.390 e. The Morgan fingerprint density at radius 3 is 2.86 bits per heavy atom. The molecule has 22 heavy (non-hydrogen) atoms. The lowest BCUT2D eigenvalue weighted by Crippen LogP contribution is -2.34. The third kappa shape index (κ3) is 4.00. The average molecular weight is 338 g/mol. The van der Waals surface area contributed by atoms with E-state index in [4.69, 9.17) is 9.47 Å². The van der Waals surface area contributed by atoms with Gasteiger partial charge in [-0.25, -0.2) is 13.2 Å². The number of aliphatic hydroxyl groups excluding tert-OH is 1. The van der Waals surface area contributed by atoms with E-state index in [0.717, 1.165) is 10.8 Å². The second-order valence-corrected chi connectivity index (χ2v) is 7.08. The minimum Gasteiger partial charge on any atom is -0.390 e. The van der Waals surface area contributed by atoms with Crippen LogP contribution in [0.3, 0.4) is 0 Å². The van der Waals surface area contributed by atoms with E-state index < -0.39 is 51.3 Å². The number of aromatic amines is 1. The number of H-pyrrole nitrogens is 1. The van der Waals surface area contributed by atoms with Crippen LogP contribution in [0.25, 0.3) is 0 Å². The fourth-order valence-electron chi connectivity index (χ4n) is 2.03. The second-order valence-electron chi connectivity index (χ2n) is 4.99. The Morgan fingerprint density at radius 2 is 2.23 bits per heavy atom. The van der Waals surface area contributed by atoms with Gasteiger partial charge in [0.05, 0.1) is 18.9 Å². The smallest absolute Gasteiger partial charge is 0.330 e. The fourth-order valence-corrected chi connectivity index (χ4v) is 2.43. The van der Waals surface area contributed by atoms with Crippen LogP contribution in [-0.2, 0) is 19.3 Å². The molecule has 0 amide bonds. The van der Waals surface area contributed by atoms with Crippen molar-refractivity contribution in [3.05, 3.63) is 32.9 Å². The molecule has 0 aromatic carbocycles. The van der Waals surface area contributed by atoms with Gasteiger partial charge >= 0.3 is 5.69 Å². The summed E-state index contributed by atoms with van der Waals surface area (Å²) in [5.41, 5.74) is -2.02. The van der Waals surface area contributed by atoms with Crippen LogP contribution >= 0.6 is 0 Å². The SMILES string of the molecule is CS(=O)(=O)COC[C@H]1O[C@@H](n2cc(F)c(=O)[nH]c2=O)C[C@@H]1O. The number of aromatic nitrogens is 2. The molecular formula is C11H15FN2O7S. The molecular weight excluding hydrogens is 323 g/mol. The van der Waals surface area contributed by atoms with Crippen LogP contribution in [0.2, 0.25) is 0 Å². The summed E-state index contributed by atoms with van der Waals surface area (Å²) in [6.07, 6.45) is -1.22. The van der Waals surface area contributed by atoms with E-state index in [9.17, 15) is 27.5 Å². The first-order chi connectivity index (χ1) is 10.2. The Bertz CT molecular complexity index is 756. The van der Waals surface area contributed by atoms with Gasteiger partial charge in [0.15, 0.2) is 9.84 Å². The number of sulfone groups is 1. The molecule has 124 valence electrons. The van der Waals surface area contributed by atoms with E-state index in [2.05, 4.69) is 0 Å². The van der Waals surface area contributed by atoms with Gasteiger partial charge in [0, 0.05) is 12.7 Å². The van der Waals surface area contributed by atoms with Crippen LogP contribution in [0.4, 0.5) is 4.39 Å². The molecule has 11 heteroatoms. The molecule has 1 aliphatic heterocycles. The third-order valence-corrected chi connectivity index (χ3v) is 3.61. The number of aliphatic hydroxyl groups is 1. The molecule has 2 N–H and O–H groups in total. The van der Waals surface area contributed by atoms with Crippen LogP contribution in [-0.4, -0.2) is 54.1 Å². The van der Waals surface area contributed by atoms with Crippen molar-refractivity contribution in [3.63, 3.8) is 0 Å². The van der Waals surface area contributed by atoms with Gasteiger partial charge in [0.1, 0.15) is 18.3 Å². The summed E-state index contributed by atoms with van der Waals surface area (Å²) in [5.74, 6) is -1.69. The van der Waals surface area contributed by atoms with Crippen LogP contribution in [0.1, 0.15) is 12.6 Å². The van der Waals surface area contributed by atoms with Gasteiger partial charge in [-0.2, -0.15) is 4.39 Å². The molecule has 1 saturated heterocycles. The second kappa shape index (κ2) is 6.28. The minimum atomic E-state index is -3.32. The summed E-state index contributed by atoms with van der Waals surface area (Å²) >= 11 is 0. The maximum Gasteiger partial charge on any atom is 0.330 e. The lowest BCUT2D eigenvalue weighted by Gasteiger charge is -2.15. The lowest BCUT2D eigenvalue weighted by molar-refractivity contribution is -0.0575. The van der Waals surface area contributed by atoms with Gasteiger partial charge in [-0.15, -0.1) is 0 Å². The van der Waals surface area contributed by atoms with Gasteiger partial charge < -0.3 is 14.6 Å². The summed E-state index contributed by atoms with van der Waals surface area (Å²) in [7, 11) is -3.32. The number of halogens is 1. The zero-order chi connectivity index (χ0) is 16.5. The van der Waals surface area contributed by atoms with E-state index in [1.54, 1.807) is 4.98 Å². The van der Waals surface area contributed by atoms with Gasteiger partial charge in [-0.3, -0.25) is 14.3 Å². The number of rotatable bonds is 5. The van der Waals surface area contributed by atoms with Crippen molar-refractivity contribution in [2.45, 2.75) is 24.9 Å². The number of hydrogen-bond donors (Lipinski definition) is 2. The van der Waals surface area contributed by atoms with Crippen LogP contribution in [0, 0.1) is 5.82 Å². The van der Waals surface area contributed by atoms with Crippen molar-refractivity contribution in [1.29, 1.82) is 0 Å². The first kappa shape index (κ1) is 16.8. The highest BCUT2D eigenvalue weighted by molar-refractivity contribution is 7.90. The molecule has 3 atom stereocenters. The minimum absolute atomic E-state index is 0.0295. The average Bonchev–Trinajstić information content (AvgIpc) is 2.74. The number of nitrogens with one attached hydrogen (secondary N) is 1. The summed E-state index contributed by atoms with van der Waals surface area (Å²) in [6, 6.07) is 0. The van der Waals surface area contributed by atoms with E-state index >= 15 is 0 Å². The maximum absolute atomic E-state index is 13.2. The van der Waals surface area contributed by atoms with E-state index in [-0.39, 0.29) is 13.0 Å². The van der Waals surface area contributed by atoms with E-state index in [1.165, 1.54) is 0 Å². The normalized spacial score (nSPS) is 25.5. The van der Waals surface area contributed by atoms with Gasteiger partial charge in [0.2, 0.25) is 5.82 Å². The highest BCUT2D eigenvalue weighted by atomic mass is 32.2. The van der Waals surface area contributed by atoms with Gasteiger partial charge in [-0.1, -0.05) is 0 Å². The lowest BCUT2D eigenvalue weighted by atomic mass is 10.2. The topological polar surface area (TPSA) is 128 Å². The van der Waals surface area contributed by atoms with Crippen molar-refractivity contribution >= 4 is 9.84 Å². The Kier molecular flexibility index (Phi) is 4.80. The molecule has 2 heterocycles. The number of ether oxygens (including phenoxy) is 2. The Balaban J connectivity index is 2.06. The quantitative estimate of drug-likeness (QED) is 0.658. The monoisotopic (exact) mass is 338 g/mol. The molecule has 0 spiro atoms. The highest BCUT2D eigenvalue weighted by Gasteiger charge is 2.36. The van der Waals surface area contributed by atoms with Crippen LogP contribution < -0.4 is 11.2 Å². The molecule has 9 nitrogen and oxygen atoms in total. The summed E-state index contributed by atoms with van der Waals surface area (Å²) in [5, 5.41) is 9.83. The molecule has 0 bridgehead atoms. The van der Waals surface area contributed by atoms with Crippen molar-refractivity contribution in [2.75, 3.05) is 18.8 Å². The predicted molar refractivity (Wildman–Crippen MR) is 71.5 cm³/mol. The number of hydrogen-bond acceptors (Lipinski definition) is 7. The maximum atomic E-state index is 13.2. The van der Waals surface area contributed by atoms with Crippen LogP contribution in [0.5, 0.6) is 0 Å². The van der Waals surface area contributed by atoms with Crippen LogP contribution in [0.15, 0.2) is 15.8 Å². The molecule has 1 aliphatic rings. The molecule has 0 unspecified atom stereocenters. The third-order valence-electron chi connectivity index (χ3n) is 3.02. The fraction of sp³-hybridized carbons (Fsp3) is 0.636. The molecule has 1 fully saturated rings. The first-order valence-electron chi connectivity index (χ1n) is 6.27. The van der Waals surface area contributed by atoms with E-state index in [0.29, 0.717) is 6.20 Å². The zero-order valence-electron chi connectivity index (χ0n) is 11.6. The standard InChI is InChI=1S/C11H15FN2O7S/c1-22(18,19)5-20-4-8-7(15)2-9(21-8)14-3-6(12)10(16)13-11(14)17/h3,7-9,15H,2,4-5H2,1H3,(H,13,16,17)/t7-,8+,9+/m0/s1. The summed E-state index contributed by atoms with van der Waals surface area (Å²) in [6.45, 7) is -0.203.